The van der Waals surface area contributed by atoms with E-state index < -0.39 is 58.8 Å². The second kappa shape index (κ2) is 8.32. The number of hydrogen-bond acceptors (Lipinski definition) is 9. The number of hydrogen-bond donors (Lipinski definition) is 5. The molecule has 32 heavy (non-hydrogen) atoms. The molecule has 2 aliphatic carbocycles. The van der Waals surface area contributed by atoms with Gasteiger partial charge in [0.15, 0.2) is 0 Å². The Balaban J connectivity index is 1.79. The zero-order valence-electron chi connectivity index (χ0n) is 16.1. The van der Waals surface area contributed by atoms with Crippen LogP contribution in [-0.4, -0.2) is 41.8 Å². The summed E-state index contributed by atoms with van der Waals surface area (Å²) in [6.07, 6.45) is 1.76. The normalized spacial score (nSPS) is 30.6. The van der Waals surface area contributed by atoms with Crippen molar-refractivity contribution < 1.29 is 46.4 Å². The van der Waals surface area contributed by atoms with E-state index in [1.165, 1.54) is 17.7 Å². The first kappa shape index (κ1) is 25.0. The lowest BCUT2D eigenvalue weighted by atomic mass is 10.00. The molecule has 2 aliphatic rings. The lowest BCUT2D eigenvalue weighted by Gasteiger charge is -2.21. The summed E-state index contributed by atoms with van der Waals surface area (Å²) in [4.78, 5) is 64.8. The molecular formula is C12H18N5O12P3. The molecule has 2 unspecified atom stereocenters. The molecule has 0 amide bonds. The number of aromatic amines is 1. The molecular weight excluding hydrogens is 499 g/mol. The van der Waals surface area contributed by atoms with Gasteiger partial charge in [-0.05, 0) is 31.2 Å². The Morgan fingerprint density at radius 3 is 2.50 bits per heavy atom. The van der Waals surface area contributed by atoms with Gasteiger partial charge in [-0.3, -0.25) is 18.9 Å². The van der Waals surface area contributed by atoms with E-state index in [1.54, 1.807) is 0 Å². The topological polar surface area (TPSA) is 263 Å². The molecule has 5 N–H and O–H groups in total. The smallest absolute Gasteiger partial charge is 0.302 e. The maximum Gasteiger partial charge on any atom is 0.490 e. The van der Waals surface area contributed by atoms with Crippen molar-refractivity contribution in [1.29, 1.82) is 0 Å². The molecule has 0 aliphatic heterocycles. The monoisotopic (exact) mass is 517 g/mol. The number of phosphoric ester groups is 1. The number of aromatic nitrogens is 2. The van der Waals surface area contributed by atoms with Gasteiger partial charge in [-0.2, -0.15) is 8.62 Å². The first-order valence-electron chi connectivity index (χ1n) is 8.74. The summed E-state index contributed by atoms with van der Waals surface area (Å²) in [5, 5.41) is 3.66. The molecule has 20 heteroatoms. The number of phosphoric acid groups is 3. The van der Waals surface area contributed by atoms with Crippen LogP contribution in [0.2, 0.25) is 0 Å². The number of H-pyrrole nitrogens is 1. The molecule has 2 saturated carbocycles. The minimum atomic E-state index is -5.67. The van der Waals surface area contributed by atoms with Crippen LogP contribution in [0.1, 0.15) is 24.4 Å². The lowest BCUT2D eigenvalue weighted by Crippen LogP contribution is -2.33. The highest BCUT2D eigenvalue weighted by Crippen LogP contribution is 2.71. The molecule has 0 saturated heterocycles. The average Bonchev–Trinajstić information content (AvgIpc) is 3.26. The molecule has 1 aromatic heterocycles. The molecule has 0 radical (unpaired) electrons. The van der Waals surface area contributed by atoms with Crippen LogP contribution in [0.25, 0.3) is 10.4 Å². The molecule has 17 nitrogen and oxygen atoms in total. The van der Waals surface area contributed by atoms with Crippen LogP contribution < -0.4 is 11.2 Å². The van der Waals surface area contributed by atoms with Crippen LogP contribution >= 0.6 is 23.5 Å². The number of azide groups is 1. The Kier molecular flexibility index (Phi) is 6.50. The SMILES string of the molecule is Cc1cn([C@H]2C[C@H](N=[N+]=[N-])[C@]3(COP(=O)(O)OP(=O)(O)OP(=O)(O)O)C[C@H]23)c(=O)[nH]c1=O. The summed E-state index contributed by atoms with van der Waals surface area (Å²) in [5.41, 5.74) is 6.85. The summed E-state index contributed by atoms with van der Waals surface area (Å²) in [6.45, 7) is 0.878. The third-order valence-electron chi connectivity index (χ3n) is 5.38. The van der Waals surface area contributed by atoms with Crippen molar-refractivity contribution in [2.75, 3.05) is 6.61 Å². The van der Waals surface area contributed by atoms with Crippen molar-refractivity contribution in [2.45, 2.75) is 31.8 Å². The Morgan fingerprint density at radius 1 is 1.25 bits per heavy atom. The Labute approximate surface area is 178 Å². The Morgan fingerprint density at radius 2 is 1.91 bits per heavy atom. The molecule has 178 valence electrons. The summed E-state index contributed by atoms with van der Waals surface area (Å²) >= 11 is 0. The fourth-order valence-corrected chi connectivity index (χ4v) is 7.11. The minimum absolute atomic E-state index is 0.139. The Hall–Kier alpha value is -1.60. The van der Waals surface area contributed by atoms with Gasteiger partial charge < -0.3 is 19.6 Å². The van der Waals surface area contributed by atoms with E-state index in [9.17, 15) is 33.1 Å². The quantitative estimate of drug-likeness (QED) is 0.132. The van der Waals surface area contributed by atoms with Gasteiger partial charge >= 0.3 is 29.2 Å². The number of fused-ring (bicyclic) bond motifs is 1. The summed E-state index contributed by atoms with van der Waals surface area (Å²) in [6, 6.07) is -1.34. The second-order valence-corrected chi connectivity index (χ2v) is 11.8. The fraction of sp³-hybridized carbons (Fsp3) is 0.667. The molecule has 0 spiro atoms. The van der Waals surface area contributed by atoms with E-state index in [-0.39, 0.29) is 24.3 Å². The van der Waals surface area contributed by atoms with Crippen molar-refractivity contribution in [3.8, 4) is 0 Å². The third-order valence-corrected chi connectivity index (χ3v) is 9.16. The zero-order chi connectivity index (χ0) is 24.1. The standard InChI is InChI=1S/C12H18N5O12P3/c1-6-4-17(11(19)14-10(6)18)8-2-9(15-16-13)12(3-7(8)12)5-27-31(23,24)29-32(25,26)28-30(20,21)22/h4,7-9H,2-3,5H2,1H3,(H,23,24)(H,25,26)(H,14,18,19)(H2,20,21,22)/t7-,8+,9+,12+/m1/s1. The first-order chi connectivity index (χ1) is 14.6. The van der Waals surface area contributed by atoms with Crippen LogP contribution in [0.4, 0.5) is 0 Å². The largest absolute Gasteiger partial charge is 0.490 e. The van der Waals surface area contributed by atoms with Crippen LogP contribution in [0, 0.1) is 18.3 Å². The summed E-state index contributed by atoms with van der Waals surface area (Å²) in [7, 11) is -16.6. The third kappa shape index (κ3) is 5.30. The minimum Gasteiger partial charge on any atom is -0.302 e. The van der Waals surface area contributed by atoms with Gasteiger partial charge in [-0.25, -0.2) is 18.5 Å². The number of rotatable bonds is 9. The van der Waals surface area contributed by atoms with Crippen molar-refractivity contribution in [1.82, 2.24) is 9.55 Å². The Bertz CT molecular complexity index is 1230. The van der Waals surface area contributed by atoms with E-state index in [4.69, 9.17) is 19.8 Å². The molecule has 1 aromatic rings. The highest BCUT2D eigenvalue weighted by molar-refractivity contribution is 7.66. The van der Waals surface area contributed by atoms with Gasteiger partial charge in [0.25, 0.3) is 5.56 Å². The van der Waals surface area contributed by atoms with Crippen LogP contribution in [0.15, 0.2) is 20.9 Å². The van der Waals surface area contributed by atoms with Crippen LogP contribution in [0.3, 0.4) is 0 Å². The number of nitrogens with one attached hydrogen (secondary N) is 1. The van der Waals surface area contributed by atoms with Gasteiger partial charge in [0.05, 0.1) is 6.61 Å². The van der Waals surface area contributed by atoms with Crippen molar-refractivity contribution in [3.63, 3.8) is 0 Å². The van der Waals surface area contributed by atoms with Crippen LogP contribution in [-0.2, 0) is 26.8 Å². The molecule has 6 atom stereocenters. The summed E-state index contributed by atoms with van der Waals surface area (Å²) in [5.74, 6) is -0.381. The first-order valence-corrected chi connectivity index (χ1v) is 13.3. The van der Waals surface area contributed by atoms with E-state index in [1.807, 2.05) is 0 Å². The molecule has 0 bridgehead atoms. The number of aryl methyl sites for hydroxylation is 1. The maximum atomic E-state index is 12.2. The highest BCUT2D eigenvalue weighted by Gasteiger charge is 2.68. The molecule has 2 fully saturated rings. The van der Waals surface area contributed by atoms with E-state index in [0.29, 0.717) is 0 Å². The predicted molar refractivity (Wildman–Crippen MR) is 103 cm³/mol. The van der Waals surface area contributed by atoms with Crippen molar-refractivity contribution in [3.05, 3.63) is 43.0 Å². The lowest BCUT2D eigenvalue weighted by molar-refractivity contribution is 0.139. The maximum absolute atomic E-state index is 12.2. The van der Waals surface area contributed by atoms with E-state index in [2.05, 4.69) is 23.6 Å². The van der Waals surface area contributed by atoms with E-state index in [0.717, 1.165) is 0 Å². The van der Waals surface area contributed by atoms with E-state index >= 15 is 0 Å². The number of nitrogens with zero attached hydrogens (tertiary/aromatic N) is 4. The molecule has 3 rings (SSSR count). The van der Waals surface area contributed by atoms with Crippen molar-refractivity contribution >= 4 is 23.5 Å². The summed E-state index contributed by atoms with van der Waals surface area (Å²) < 4.78 is 47.5. The fourth-order valence-electron chi connectivity index (χ4n) is 4.01. The van der Waals surface area contributed by atoms with Gasteiger partial charge in [0.2, 0.25) is 0 Å². The van der Waals surface area contributed by atoms with Crippen LogP contribution in [0.5, 0.6) is 0 Å². The van der Waals surface area contributed by atoms with Crippen molar-refractivity contribution in [2.24, 2.45) is 16.4 Å². The second-order valence-electron chi connectivity index (χ2n) is 7.41. The highest BCUT2D eigenvalue weighted by atomic mass is 31.3. The predicted octanol–water partition coefficient (Wildman–Crippen LogP) is 0.818. The average molecular weight is 517 g/mol. The van der Waals surface area contributed by atoms with Gasteiger partial charge in [-0.15, -0.1) is 0 Å². The molecule has 1 heterocycles. The zero-order valence-corrected chi connectivity index (χ0v) is 18.8. The molecule has 0 aromatic carbocycles. The van der Waals surface area contributed by atoms with Gasteiger partial charge in [0, 0.05) is 34.2 Å². The van der Waals surface area contributed by atoms with Gasteiger partial charge in [0.1, 0.15) is 0 Å². The van der Waals surface area contributed by atoms with Gasteiger partial charge in [-0.1, -0.05) is 5.11 Å².